The molecule has 1 aromatic rings. The lowest BCUT2D eigenvalue weighted by molar-refractivity contribution is 0.101. The van der Waals surface area contributed by atoms with Gasteiger partial charge in [0, 0.05) is 19.1 Å². The van der Waals surface area contributed by atoms with E-state index in [9.17, 15) is 9.59 Å². The molecule has 0 amide bonds. The number of aromatic nitrogens is 2. The average Bonchev–Trinajstić information content (AvgIpc) is 2.70. The summed E-state index contributed by atoms with van der Waals surface area (Å²) >= 11 is 5.86. The number of H-pyrrole nitrogens is 1. The summed E-state index contributed by atoms with van der Waals surface area (Å²) in [6.45, 7) is 4.88. The maximum absolute atomic E-state index is 12.2. The molecule has 0 radical (unpaired) electrons. The van der Waals surface area contributed by atoms with E-state index in [1.807, 2.05) is 13.8 Å². The van der Waals surface area contributed by atoms with Crippen LogP contribution in [0.25, 0.3) is 0 Å². The highest BCUT2D eigenvalue weighted by Gasteiger charge is 2.26. The van der Waals surface area contributed by atoms with Gasteiger partial charge in [0.2, 0.25) is 0 Å². The van der Waals surface area contributed by atoms with Crippen LogP contribution in [-0.2, 0) is 17.7 Å². The molecule has 5 nitrogen and oxygen atoms in total. The normalized spacial score (nSPS) is 23.5. The maximum atomic E-state index is 12.2. The van der Waals surface area contributed by atoms with Gasteiger partial charge in [0.05, 0.1) is 11.7 Å². The molecular weight excluding hydrogens is 256 g/mol. The van der Waals surface area contributed by atoms with Gasteiger partial charge in [-0.25, -0.2) is 4.79 Å². The zero-order valence-corrected chi connectivity index (χ0v) is 11.3. The monoisotopic (exact) mass is 272 g/mol. The Morgan fingerprint density at radius 1 is 1.50 bits per heavy atom. The highest BCUT2D eigenvalue weighted by atomic mass is 35.5. The zero-order valence-electron chi connectivity index (χ0n) is 10.5. The van der Waals surface area contributed by atoms with Gasteiger partial charge in [-0.1, -0.05) is 18.5 Å². The molecular formula is C12H17ClN2O3. The second kappa shape index (κ2) is 5.28. The lowest BCUT2D eigenvalue weighted by Gasteiger charge is -2.15. The fourth-order valence-corrected chi connectivity index (χ4v) is 2.60. The SMILES string of the molecule is CCc1c(Cl)[nH]c(=O)n(CC2CCOC2C)c1=O. The number of hydrogen-bond acceptors (Lipinski definition) is 3. The number of nitrogens with zero attached hydrogens (tertiary/aromatic N) is 1. The molecule has 0 bridgehead atoms. The first-order valence-electron chi connectivity index (χ1n) is 6.17. The van der Waals surface area contributed by atoms with Crippen molar-refractivity contribution >= 4 is 11.6 Å². The lowest BCUT2D eigenvalue weighted by atomic mass is 10.0. The van der Waals surface area contributed by atoms with Gasteiger partial charge in [-0.3, -0.25) is 14.3 Å². The maximum Gasteiger partial charge on any atom is 0.329 e. The molecule has 1 N–H and O–H groups in total. The van der Waals surface area contributed by atoms with Gasteiger partial charge in [-0.2, -0.15) is 0 Å². The third kappa shape index (κ3) is 2.37. The lowest BCUT2D eigenvalue weighted by Crippen LogP contribution is -2.40. The molecule has 0 aromatic carbocycles. The van der Waals surface area contributed by atoms with Gasteiger partial charge in [0.15, 0.2) is 0 Å². The third-order valence-corrected chi connectivity index (χ3v) is 3.86. The van der Waals surface area contributed by atoms with E-state index in [-0.39, 0.29) is 22.7 Å². The van der Waals surface area contributed by atoms with Gasteiger partial charge in [-0.15, -0.1) is 0 Å². The van der Waals surface area contributed by atoms with Crippen LogP contribution < -0.4 is 11.2 Å². The first kappa shape index (κ1) is 13.4. The molecule has 1 saturated heterocycles. The average molecular weight is 273 g/mol. The Bertz CT molecular complexity index is 549. The Labute approximate surface area is 110 Å². The van der Waals surface area contributed by atoms with Crippen LogP contribution in [0.1, 0.15) is 25.8 Å². The topological polar surface area (TPSA) is 64.1 Å². The molecule has 0 saturated carbocycles. The summed E-state index contributed by atoms with van der Waals surface area (Å²) in [6.07, 6.45) is 1.46. The number of halogens is 1. The molecule has 1 aromatic heterocycles. The van der Waals surface area contributed by atoms with Crippen molar-refractivity contribution in [3.05, 3.63) is 31.6 Å². The summed E-state index contributed by atoms with van der Waals surface area (Å²) in [7, 11) is 0. The van der Waals surface area contributed by atoms with Crippen LogP contribution in [0.2, 0.25) is 5.15 Å². The van der Waals surface area contributed by atoms with E-state index < -0.39 is 5.69 Å². The van der Waals surface area contributed by atoms with Crippen molar-refractivity contribution in [1.29, 1.82) is 0 Å². The summed E-state index contributed by atoms with van der Waals surface area (Å²) in [5, 5.41) is 0.152. The Hall–Kier alpha value is -1.07. The van der Waals surface area contributed by atoms with Gasteiger partial charge >= 0.3 is 5.69 Å². The second-order valence-electron chi connectivity index (χ2n) is 4.62. The van der Waals surface area contributed by atoms with Crippen molar-refractivity contribution in [2.24, 2.45) is 5.92 Å². The van der Waals surface area contributed by atoms with Crippen molar-refractivity contribution in [3.63, 3.8) is 0 Å². The fraction of sp³-hybridized carbons (Fsp3) is 0.667. The zero-order chi connectivity index (χ0) is 13.3. The third-order valence-electron chi connectivity index (χ3n) is 3.53. The minimum absolute atomic E-state index is 0.0806. The molecule has 6 heteroatoms. The largest absolute Gasteiger partial charge is 0.378 e. The molecule has 1 fully saturated rings. The summed E-state index contributed by atoms with van der Waals surface area (Å²) in [5.74, 6) is 0.203. The van der Waals surface area contributed by atoms with E-state index >= 15 is 0 Å². The van der Waals surface area contributed by atoms with E-state index in [0.717, 1.165) is 6.42 Å². The highest BCUT2D eigenvalue weighted by molar-refractivity contribution is 6.30. The molecule has 100 valence electrons. The van der Waals surface area contributed by atoms with E-state index in [4.69, 9.17) is 16.3 Å². The van der Waals surface area contributed by atoms with Crippen LogP contribution in [0.4, 0.5) is 0 Å². The molecule has 2 atom stereocenters. The number of hydrogen-bond donors (Lipinski definition) is 1. The minimum Gasteiger partial charge on any atom is -0.378 e. The Morgan fingerprint density at radius 3 is 2.78 bits per heavy atom. The smallest absolute Gasteiger partial charge is 0.329 e. The first-order valence-corrected chi connectivity index (χ1v) is 6.55. The van der Waals surface area contributed by atoms with Crippen LogP contribution in [0.3, 0.4) is 0 Å². The Balaban J connectivity index is 2.39. The molecule has 1 aliphatic rings. The summed E-state index contributed by atoms with van der Waals surface area (Å²) in [5.41, 5.74) is -0.269. The predicted octanol–water partition coefficient (Wildman–Crippen LogP) is 1.18. The van der Waals surface area contributed by atoms with Gasteiger partial charge in [-0.05, 0) is 19.8 Å². The van der Waals surface area contributed by atoms with Crippen molar-refractivity contribution < 1.29 is 4.74 Å². The quantitative estimate of drug-likeness (QED) is 0.841. The first-order chi connectivity index (χ1) is 8.54. The molecule has 18 heavy (non-hydrogen) atoms. The standard InChI is InChI=1S/C12H17ClN2O3/c1-3-9-10(13)14-12(17)15(11(9)16)6-8-4-5-18-7(8)2/h7-8H,3-6H2,1-2H3,(H,14,17). The molecule has 2 heterocycles. The van der Waals surface area contributed by atoms with E-state index in [2.05, 4.69) is 4.98 Å². The molecule has 2 rings (SSSR count). The minimum atomic E-state index is -0.443. The summed E-state index contributed by atoms with van der Waals surface area (Å²) in [4.78, 5) is 26.5. The highest BCUT2D eigenvalue weighted by Crippen LogP contribution is 2.21. The van der Waals surface area contributed by atoms with Crippen molar-refractivity contribution in [2.45, 2.75) is 39.3 Å². The number of aromatic amines is 1. The second-order valence-corrected chi connectivity index (χ2v) is 4.99. The summed E-state index contributed by atoms with van der Waals surface area (Å²) < 4.78 is 6.68. The van der Waals surface area contributed by atoms with Crippen molar-refractivity contribution in [1.82, 2.24) is 9.55 Å². The number of rotatable bonds is 3. The van der Waals surface area contributed by atoms with Crippen LogP contribution in [-0.4, -0.2) is 22.3 Å². The Kier molecular flexibility index (Phi) is 3.92. The van der Waals surface area contributed by atoms with Crippen LogP contribution in [0, 0.1) is 5.92 Å². The molecule has 1 aliphatic heterocycles. The summed E-state index contributed by atoms with van der Waals surface area (Å²) in [6, 6.07) is 0. The van der Waals surface area contributed by atoms with Crippen LogP contribution in [0.15, 0.2) is 9.59 Å². The Morgan fingerprint density at radius 2 is 2.22 bits per heavy atom. The predicted molar refractivity (Wildman–Crippen MR) is 69.2 cm³/mol. The van der Waals surface area contributed by atoms with Crippen molar-refractivity contribution in [2.75, 3.05) is 6.61 Å². The van der Waals surface area contributed by atoms with Gasteiger partial charge < -0.3 is 4.74 Å². The van der Waals surface area contributed by atoms with Gasteiger partial charge in [0.1, 0.15) is 5.15 Å². The number of nitrogens with one attached hydrogen (secondary N) is 1. The molecule has 2 unspecified atom stereocenters. The van der Waals surface area contributed by atoms with E-state index in [1.54, 1.807) is 0 Å². The molecule has 0 aliphatic carbocycles. The number of ether oxygens (including phenoxy) is 1. The van der Waals surface area contributed by atoms with E-state index in [0.29, 0.717) is 25.1 Å². The van der Waals surface area contributed by atoms with E-state index in [1.165, 1.54) is 4.57 Å². The van der Waals surface area contributed by atoms with Gasteiger partial charge in [0.25, 0.3) is 5.56 Å². The molecule has 0 spiro atoms. The van der Waals surface area contributed by atoms with Crippen LogP contribution in [0.5, 0.6) is 0 Å². The fourth-order valence-electron chi connectivity index (χ4n) is 2.31. The van der Waals surface area contributed by atoms with Crippen LogP contribution >= 0.6 is 11.6 Å². The van der Waals surface area contributed by atoms with Crippen molar-refractivity contribution in [3.8, 4) is 0 Å².